The van der Waals surface area contributed by atoms with Crippen molar-refractivity contribution in [2.75, 3.05) is 38.5 Å². The second kappa shape index (κ2) is 10.2. The largest absolute Gasteiger partial charge is 0.369 e. The Bertz CT molecular complexity index is 1240. The number of likely N-dealkylation sites (N-methyl/N-ethyl adjacent to an activating group) is 1. The van der Waals surface area contributed by atoms with Crippen molar-refractivity contribution in [3.8, 4) is 0 Å². The van der Waals surface area contributed by atoms with Crippen molar-refractivity contribution in [3.05, 3.63) is 65.6 Å². The van der Waals surface area contributed by atoms with Crippen LogP contribution in [0, 0.1) is 6.92 Å². The van der Waals surface area contributed by atoms with Crippen LogP contribution in [-0.4, -0.2) is 93.2 Å². The predicted octanol–water partition coefficient (Wildman–Crippen LogP) is 2.50. The van der Waals surface area contributed by atoms with E-state index in [1.54, 1.807) is 23.5 Å². The number of aromatic nitrogens is 1. The van der Waals surface area contributed by atoms with Crippen LogP contribution in [0.25, 0.3) is 5.57 Å². The van der Waals surface area contributed by atoms with E-state index in [0.717, 1.165) is 28.8 Å². The normalized spacial score (nSPS) is 20.8. The van der Waals surface area contributed by atoms with Crippen molar-refractivity contribution in [2.24, 2.45) is 0 Å². The number of carbonyl (C=O) groups is 3. The molecular weight excluding hydrogens is 472 g/mol. The van der Waals surface area contributed by atoms with E-state index < -0.39 is 12.3 Å². The number of fused-ring (bicyclic) bond motifs is 1. The van der Waals surface area contributed by atoms with Crippen LogP contribution in [0.4, 0.5) is 15.3 Å². The number of piperidine rings is 1. The number of nitrogens with one attached hydrogen (secondary N) is 1. The summed E-state index contributed by atoms with van der Waals surface area (Å²) in [7, 11) is 1.51. The zero-order chi connectivity index (χ0) is 26.1. The molecule has 0 spiro atoms. The van der Waals surface area contributed by atoms with Crippen molar-refractivity contribution in [3.63, 3.8) is 0 Å². The molecule has 10 heteroatoms. The quantitative estimate of drug-likeness (QED) is 0.665. The number of aliphatic hydroxyl groups is 1. The first-order valence-corrected chi connectivity index (χ1v) is 12.6. The van der Waals surface area contributed by atoms with E-state index >= 15 is 0 Å². The Morgan fingerprint density at radius 1 is 1.14 bits per heavy atom. The number of amides is 5. The lowest BCUT2D eigenvalue weighted by Crippen LogP contribution is -2.54. The van der Waals surface area contributed by atoms with E-state index in [1.807, 2.05) is 42.2 Å². The molecule has 2 N–H and O–H groups in total. The summed E-state index contributed by atoms with van der Waals surface area (Å²) in [6.45, 7) is 3.45. The van der Waals surface area contributed by atoms with Gasteiger partial charge in [-0.2, -0.15) is 0 Å². The lowest BCUT2D eigenvalue weighted by atomic mass is 10.0. The van der Waals surface area contributed by atoms with Crippen molar-refractivity contribution in [1.82, 2.24) is 24.6 Å². The molecule has 194 valence electrons. The number of para-hydroxylation sites is 1. The molecule has 10 nitrogen and oxygen atoms in total. The van der Waals surface area contributed by atoms with Gasteiger partial charge < -0.3 is 20.2 Å². The molecule has 0 radical (unpaired) electrons. The Morgan fingerprint density at radius 3 is 2.65 bits per heavy atom. The number of hydrogen-bond acceptors (Lipinski definition) is 5. The van der Waals surface area contributed by atoms with Crippen molar-refractivity contribution in [2.45, 2.75) is 38.5 Å². The van der Waals surface area contributed by atoms with Crippen LogP contribution < -0.4 is 5.32 Å². The maximum atomic E-state index is 13.2. The minimum Gasteiger partial charge on any atom is -0.369 e. The highest BCUT2D eigenvalue weighted by atomic mass is 16.3. The molecule has 1 fully saturated rings. The van der Waals surface area contributed by atoms with Crippen LogP contribution in [0.15, 0.2) is 48.9 Å². The van der Waals surface area contributed by atoms with Gasteiger partial charge in [-0.3, -0.25) is 19.6 Å². The minimum atomic E-state index is -1.12. The van der Waals surface area contributed by atoms with E-state index in [1.165, 1.54) is 16.8 Å². The second-order valence-corrected chi connectivity index (χ2v) is 9.81. The zero-order valence-electron chi connectivity index (χ0n) is 21.1. The van der Waals surface area contributed by atoms with E-state index in [2.05, 4.69) is 10.3 Å². The fraction of sp³-hybridized carbons (Fsp3) is 0.407. The molecule has 0 aliphatic carbocycles. The summed E-state index contributed by atoms with van der Waals surface area (Å²) in [6, 6.07) is 9.20. The summed E-state index contributed by atoms with van der Waals surface area (Å²) in [4.78, 5) is 49.3. The SMILES string of the molecule is Cc1ccncc1C1=CN(CC(=O)N2CCC(N3CCc4ccccc4NC3=O)CC2)C(=O)N(C)C1O. The molecule has 1 aromatic heterocycles. The highest BCUT2D eigenvalue weighted by Gasteiger charge is 2.35. The lowest BCUT2D eigenvalue weighted by Gasteiger charge is -2.39. The number of rotatable bonds is 4. The van der Waals surface area contributed by atoms with E-state index in [4.69, 9.17) is 0 Å². The third-order valence-corrected chi connectivity index (χ3v) is 7.54. The summed E-state index contributed by atoms with van der Waals surface area (Å²) >= 11 is 0. The first kappa shape index (κ1) is 24.8. The molecule has 5 amide bonds. The van der Waals surface area contributed by atoms with Crippen LogP contribution in [-0.2, 0) is 11.2 Å². The summed E-state index contributed by atoms with van der Waals surface area (Å²) < 4.78 is 0. The topological polar surface area (TPSA) is 109 Å². The van der Waals surface area contributed by atoms with E-state index in [0.29, 0.717) is 38.0 Å². The second-order valence-electron chi connectivity index (χ2n) is 9.81. The summed E-state index contributed by atoms with van der Waals surface area (Å²) in [5.74, 6) is -0.164. The number of anilines is 1. The van der Waals surface area contributed by atoms with Gasteiger partial charge in [0.25, 0.3) is 0 Å². The molecule has 5 rings (SSSR count). The van der Waals surface area contributed by atoms with Gasteiger partial charge in [-0.15, -0.1) is 0 Å². The summed E-state index contributed by atoms with van der Waals surface area (Å²) in [5.41, 5.74) is 4.15. The fourth-order valence-corrected chi connectivity index (χ4v) is 5.30. The smallest absolute Gasteiger partial charge is 0.326 e. The zero-order valence-corrected chi connectivity index (χ0v) is 21.1. The van der Waals surface area contributed by atoms with Gasteiger partial charge in [0.1, 0.15) is 6.54 Å². The van der Waals surface area contributed by atoms with Gasteiger partial charge in [-0.05, 0) is 49.4 Å². The molecule has 1 aromatic carbocycles. The molecule has 0 bridgehead atoms. The highest BCUT2D eigenvalue weighted by molar-refractivity contribution is 5.91. The van der Waals surface area contributed by atoms with Gasteiger partial charge in [0.15, 0.2) is 6.23 Å². The number of urea groups is 2. The minimum absolute atomic E-state index is 0.0521. The summed E-state index contributed by atoms with van der Waals surface area (Å²) in [6.07, 6.45) is 5.90. The third kappa shape index (κ3) is 4.89. The molecule has 37 heavy (non-hydrogen) atoms. The van der Waals surface area contributed by atoms with Crippen LogP contribution >= 0.6 is 0 Å². The van der Waals surface area contributed by atoms with Gasteiger partial charge >= 0.3 is 12.1 Å². The molecule has 3 aliphatic heterocycles. The number of carbonyl (C=O) groups excluding carboxylic acids is 3. The predicted molar refractivity (Wildman–Crippen MR) is 138 cm³/mol. The van der Waals surface area contributed by atoms with E-state index in [9.17, 15) is 19.5 Å². The Hall–Kier alpha value is -3.92. The first-order valence-electron chi connectivity index (χ1n) is 12.6. The first-order chi connectivity index (χ1) is 17.8. The summed E-state index contributed by atoms with van der Waals surface area (Å²) in [5, 5.41) is 13.7. The highest BCUT2D eigenvalue weighted by Crippen LogP contribution is 2.28. The van der Waals surface area contributed by atoms with Crippen LogP contribution in [0.2, 0.25) is 0 Å². The average molecular weight is 505 g/mol. The van der Waals surface area contributed by atoms with Gasteiger partial charge in [-0.25, -0.2) is 9.59 Å². The number of nitrogens with zero attached hydrogens (tertiary/aromatic N) is 5. The molecule has 1 unspecified atom stereocenters. The van der Waals surface area contributed by atoms with Gasteiger partial charge in [0, 0.05) is 68.1 Å². The van der Waals surface area contributed by atoms with Crippen LogP contribution in [0.5, 0.6) is 0 Å². The van der Waals surface area contributed by atoms with Gasteiger partial charge in [-0.1, -0.05) is 18.2 Å². The lowest BCUT2D eigenvalue weighted by molar-refractivity contribution is -0.133. The Balaban J connectivity index is 1.22. The average Bonchev–Trinajstić information content (AvgIpc) is 3.07. The Kier molecular flexibility index (Phi) is 6.84. The number of aryl methyl sites for hydroxylation is 1. The number of pyridine rings is 1. The molecule has 2 aromatic rings. The number of hydrogen-bond donors (Lipinski definition) is 2. The molecule has 4 heterocycles. The molecule has 1 saturated heterocycles. The molecule has 1 atom stereocenters. The van der Waals surface area contributed by atoms with Crippen molar-refractivity contribution < 1.29 is 19.5 Å². The molecular formula is C27H32N6O4. The molecule has 3 aliphatic rings. The Morgan fingerprint density at radius 2 is 1.89 bits per heavy atom. The fourth-order valence-electron chi connectivity index (χ4n) is 5.30. The van der Waals surface area contributed by atoms with Gasteiger partial charge in [0.05, 0.1) is 0 Å². The number of benzene rings is 1. The van der Waals surface area contributed by atoms with E-state index in [-0.39, 0.29) is 24.5 Å². The van der Waals surface area contributed by atoms with Crippen molar-refractivity contribution >= 4 is 29.2 Å². The maximum Gasteiger partial charge on any atom is 0.326 e. The Labute approximate surface area is 216 Å². The van der Waals surface area contributed by atoms with Crippen molar-refractivity contribution in [1.29, 1.82) is 0 Å². The maximum absolute atomic E-state index is 13.2. The standard InChI is InChI=1S/C27H32N6O4/c1-18-7-11-28-15-21(18)22-16-32(27(37)30(2)25(22)35)17-24(34)31-12-9-20(10-13-31)33-14-8-19-5-3-4-6-23(19)29-26(33)36/h3-7,11,15-16,20,25,35H,8-10,12-14,17H2,1-2H3,(H,29,36). The molecule has 0 saturated carbocycles. The van der Waals surface area contributed by atoms with Crippen LogP contribution in [0.1, 0.15) is 29.5 Å². The third-order valence-electron chi connectivity index (χ3n) is 7.54. The van der Waals surface area contributed by atoms with Crippen LogP contribution in [0.3, 0.4) is 0 Å². The van der Waals surface area contributed by atoms with Gasteiger partial charge in [0.2, 0.25) is 5.91 Å². The monoisotopic (exact) mass is 504 g/mol. The number of likely N-dealkylation sites (tertiary alicyclic amines) is 1. The number of aliphatic hydroxyl groups excluding tert-OH is 1.